The van der Waals surface area contributed by atoms with Crippen molar-refractivity contribution in [3.05, 3.63) is 65.2 Å². The van der Waals surface area contributed by atoms with Crippen LogP contribution in [0.3, 0.4) is 0 Å². The molecule has 5 nitrogen and oxygen atoms in total. The molecular weight excluding hydrogens is 438 g/mol. The van der Waals surface area contributed by atoms with Gasteiger partial charge in [0.25, 0.3) is 0 Å². The average molecular weight is 476 g/mol. The van der Waals surface area contributed by atoms with Crippen LogP contribution in [0.2, 0.25) is 0 Å². The number of ether oxygens (including phenoxy) is 1. The van der Waals surface area contributed by atoms with Gasteiger partial charge in [0.2, 0.25) is 0 Å². The van der Waals surface area contributed by atoms with Crippen LogP contribution in [0.4, 0.5) is 0 Å². The molecule has 2 aromatic rings. The molecule has 2 saturated heterocycles. The zero-order valence-corrected chi connectivity index (χ0v) is 22.8. The monoisotopic (exact) mass is 476 g/mol. The second-order valence-corrected chi connectivity index (χ2v) is 11.6. The van der Waals surface area contributed by atoms with Crippen molar-refractivity contribution in [2.75, 3.05) is 7.11 Å². The van der Waals surface area contributed by atoms with E-state index in [0.717, 1.165) is 27.8 Å². The molecule has 0 amide bonds. The number of benzene rings is 2. The first-order valence-electron chi connectivity index (χ1n) is 12.3. The Morgan fingerprint density at radius 2 is 0.886 bits per heavy atom. The molecule has 0 unspecified atom stereocenters. The molecule has 4 rings (SSSR count). The Labute approximate surface area is 211 Å². The van der Waals surface area contributed by atoms with E-state index in [2.05, 4.69) is 86.6 Å². The van der Waals surface area contributed by atoms with Crippen LogP contribution in [-0.4, -0.2) is 43.8 Å². The Kier molecular flexibility index (Phi) is 6.55. The molecule has 2 aliphatic heterocycles. The molecule has 186 valence electrons. The zero-order chi connectivity index (χ0) is 25.8. The van der Waals surface area contributed by atoms with Gasteiger partial charge in [-0.1, -0.05) is 42.0 Å². The van der Waals surface area contributed by atoms with Gasteiger partial charge in [-0.05, 0) is 96.5 Å². The van der Waals surface area contributed by atoms with Gasteiger partial charge >= 0.3 is 14.2 Å². The minimum Gasteiger partial charge on any atom is -0.497 e. The lowest BCUT2D eigenvalue weighted by molar-refractivity contribution is 0.00578. The summed E-state index contributed by atoms with van der Waals surface area (Å²) < 4.78 is 31.8. The summed E-state index contributed by atoms with van der Waals surface area (Å²) in [7, 11) is 0.463. The van der Waals surface area contributed by atoms with Crippen molar-refractivity contribution in [1.29, 1.82) is 0 Å². The summed E-state index contributed by atoms with van der Waals surface area (Å²) in [4.78, 5) is 0. The lowest BCUT2D eigenvalue weighted by atomic mass is 9.60. The maximum Gasteiger partial charge on any atom is 0.495 e. The van der Waals surface area contributed by atoms with Crippen molar-refractivity contribution in [2.45, 2.75) is 84.7 Å². The lowest BCUT2D eigenvalue weighted by Crippen LogP contribution is -2.41. The smallest absolute Gasteiger partial charge is 0.495 e. The molecule has 0 bridgehead atoms. The molecule has 7 heteroatoms. The number of hydrogen-bond donors (Lipinski definition) is 0. The van der Waals surface area contributed by atoms with Crippen LogP contribution in [0, 0.1) is 6.92 Å². The highest BCUT2D eigenvalue weighted by molar-refractivity contribution is 6.82. The van der Waals surface area contributed by atoms with Crippen LogP contribution < -0.4 is 4.74 Å². The first-order chi connectivity index (χ1) is 16.2. The first kappa shape index (κ1) is 26.0. The fourth-order valence-corrected chi connectivity index (χ4v) is 4.26. The predicted molar refractivity (Wildman–Crippen MR) is 143 cm³/mol. The molecule has 0 radical (unpaired) electrons. The van der Waals surface area contributed by atoms with Gasteiger partial charge in [-0.15, -0.1) is 0 Å². The predicted octanol–water partition coefficient (Wildman–Crippen LogP) is 6.18. The Hall–Kier alpha value is -2.05. The Morgan fingerprint density at radius 1 is 0.571 bits per heavy atom. The van der Waals surface area contributed by atoms with E-state index >= 15 is 0 Å². The Morgan fingerprint density at radius 3 is 1.20 bits per heavy atom. The third-order valence-corrected chi connectivity index (χ3v) is 8.03. The molecule has 2 fully saturated rings. The molecule has 0 spiro atoms. The molecule has 35 heavy (non-hydrogen) atoms. The van der Waals surface area contributed by atoms with E-state index in [1.807, 2.05) is 24.3 Å². The van der Waals surface area contributed by atoms with Gasteiger partial charge in [0.1, 0.15) is 5.75 Å². The summed E-state index contributed by atoms with van der Waals surface area (Å²) in [5, 5.41) is 0. The van der Waals surface area contributed by atoms with Crippen LogP contribution in [0.1, 0.15) is 72.1 Å². The standard InChI is InChI=1S/C28H38B2O5/c1-19-11-13-20(14-12-19)23(29-32-25(2,3)26(4,5)33-29)24(21-15-17-22(31-10)18-16-21)30-34-27(6,7)28(8,9)35-30/h11-18H,1-10H3/b24-23+. The minimum absolute atomic E-state index is 0.492. The van der Waals surface area contributed by atoms with Crippen molar-refractivity contribution in [3.63, 3.8) is 0 Å². The quantitative estimate of drug-likeness (QED) is 0.381. The summed E-state index contributed by atoms with van der Waals surface area (Å²) in [5.74, 6) is 0.787. The number of rotatable bonds is 5. The van der Waals surface area contributed by atoms with Gasteiger partial charge in [0.15, 0.2) is 0 Å². The van der Waals surface area contributed by atoms with E-state index in [1.165, 1.54) is 5.56 Å². The SMILES string of the molecule is COc1ccc(/C(B2OC(C)(C)C(C)(C)O2)=C(\B2OC(C)(C)C(C)(C)O2)c2ccc(C)cc2)cc1. The molecule has 0 saturated carbocycles. The molecule has 0 aliphatic carbocycles. The average Bonchev–Trinajstić information content (AvgIpc) is 3.11. The molecule has 0 N–H and O–H groups in total. The molecule has 2 aliphatic rings. The van der Waals surface area contributed by atoms with Gasteiger partial charge in [-0.3, -0.25) is 0 Å². The Bertz CT molecular complexity index is 1070. The maximum absolute atomic E-state index is 6.61. The molecule has 0 atom stereocenters. The topological polar surface area (TPSA) is 46.2 Å². The van der Waals surface area contributed by atoms with Gasteiger partial charge in [-0.25, -0.2) is 0 Å². The van der Waals surface area contributed by atoms with Crippen molar-refractivity contribution >= 4 is 25.2 Å². The molecule has 0 aromatic heterocycles. The normalized spacial score (nSPS) is 22.8. The summed E-state index contributed by atoms with van der Waals surface area (Å²) in [6.07, 6.45) is 0. The lowest BCUT2D eigenvalue weighted by Gasteiger charge is -2.32. The van der Waals surface area contributed by atoms with Crippen LogP contribution in [-0.2, 0) is 18.6 Å². The second-order valence-electron chi connectivity index (χ2n) is 11.6. The minimum atomic E-state index is -0.608. The van der Waals surface area contributed by atoms with Crippen molar-refractivity contribution < 1.29 is 23.4 Å². The first-order valence-corrected chi connectivity index (χ1v) is 12.3. The largest absolute Gasteiger partial charge is 0.497 e. The van der Waals surface area contributed by atoms with Crippen LogP contribution in [0.5, 0.6) is 5.75 Å². The van der Waals surface area contributed by atoms with Crippen molar-refractivity contribution in [1.82, 2.24) is 0 Å². The summed E-state index contributed by atoms with van der Waals surface area (Å²) in [5.41, 5.74) is 2.99. The molecule has 2 aromatic carbocycles. The summed E-state index contributed by atoms with van der Waals surface area (Å²) >= 11 is 0. The van der Waals surface area contributed by atoms with Crippen LogP contribution >= 0.6 is 0 Å². The van der Waals surface area contributed by atoms with Gasteiger partial charge in [0.05, 0.1) is 29.5 Å². The molecular formula is C28H38B2O5. The fourth-order valence-electron chi connectivity index (χ4n) is 4.26. The second kappa shape index (κ2) is 8.81. The molecule has 2 heterocycles. The van der Waals surface area contributed by atoms with Gasteiger partial charge < -0.3 is 23.4 Å². The number of methoxy groups -OCH3 is 1. The van der Waals surface area contributed by atoms with E-state index in [9.17, 15) is 0 Å². The highest BCUT2D eigenvalue weighted by Gasteiger charge is 2.57. The fraction of sp³-hybridized carbons (Fsp3) is 0.500. The summed E-state index contributed by atoms with van der Waals surface area (Å²) in [6.45, 7) is 18.6. The van der Waals surface area contributed by atoms with E-state index in [4.69, 9.17) is 23.4 Å². The number of aryl methyl sites for hydroxylation is 1. The van der Waals surface area contributed by atoms with E-state index in [0.29, 0.717) is 0 Å². The third-order valence-electron chi connectivity index (χ3n) is 8.03. The number of hydrogen-bond acceptors (Lipinski definition) is 5. The zero-order valence-electron chi connectivity index (χ0n) is 22.8. The van der Waals surface area contributed by atoms with Gasteiger partial charge in [0, 0.05) is 0 Å². The third kappa shape index (κ3) is 4.72. The van der Waals surface area contributed by atoms with E-state index in [-0.39, 0.29) is 0 Å². The highest BCUT2D eigenvalue weighted by Crippen LogP contribution is 2.46. The summed E-state index contributed by atoms with van der Waals surface area (Å²) in [6, 6.07) is 16.4. The van der Waals surface area contributed by atoms with Gasteiger partial charge in [-0.2, -0.15) is 0 Å². The Balaban J connectivity index is 1.98. The van der Waals surface area contributed by atoms with E-state index in [1.54, 1.807) is 7.11 Å². The van der Waals surface area contributed by atoms with Crippen LogP contribution in [0.15, 0.2) is 48.5 Å². The highest BCUT2D eigenvalue weighted by atomic mass is 16.7. The van der Waals surface area contributed by atoms with E-state index < -0.39 is 36.6 Å². The maximum atomic E-state index is 6.61. The van der Waals surface area contributed by atoms with Crippen LogP contribution in [0.25, 0.3) is 10.9 Å². The van der Waals surface area contributed by atoms with Crippen molar-refractivity contribution in [2.24, 2.45) is 0 Å². The van der Waals surface area contributed by atoms with Crippen molar-refractivity contribution in [3.8, 4) is 5.75 Å².